The lowest BCUT2D eigenvalue weighted by Crippen LogP contribution is -2.08. The number of rotatable bonds is 2. The molecule has 1 heterocycles. The molecule has 0 unspecified atom stereocenters. The molecule has 0 radical (unpaired) electrons. The van der Waals surface area contributed by atoms with Crippen LogP contribution >= 0.6 is 11.6 Å². The molecule has 2 N–H and O–H groups in total. The summed E-state index contributed by atoms with van der Waals surface area (Å²) in [5, 5.41) is 0.373. The van der Waals surface area contributed by atoms with Crippen LogP contribution in [0.1, 0.15) is 13.8 Å². The van der Waals surface area contributed by atoms with Gasteiger partial charge >= 0.3 is 0 Å². The first-order valence-corrected chi connectivity index (χ1v) is 3.92. The van der Waals surface area contributed by atoms with E-state index in [4.69, 9.17) is 22.1 Å². The van der Waals surface area contributed by atoms with Gasteiger partial charge in [-0.15, -0.1) is 0 Å². The minimum absolute atomic E-state index is 0.0248. The number of ether oxygens (including phenoxy) is 1. The molecule has 12 heavy (non-hydrogen) atoms. The number of aromatic nitrogens is 2. The van der Waals surface area contributed by atoms with Crippen molar-refractivity contribution in [2.45, 2.75) is 20.0 Å². The standard InChI is InChI=1S/C7H10ClN3O/c1-4(2)12-6-5(8)3-10-7(9)11-6/h3-4H,1-2H3,(H2,9,10,11). The Kier molecular flexibility index (Phi) is 2.70. The minimum atomic E-state index is 0.0248. The molecule has 0 aliphatic rings. The van der Waals surface area contributed by atoms with Gasteiger partial charge in [0, 0.05) is 0 Å². The highest BCUT2D eigenvalue weighted by Gasteiger charge is 2.06. The summed E-state index contributed by atoms with van der Waals surface area (Å²) in [6.45, 7) is 3.77. The minimum Gasteiger partial charge on any atom is -0.474 e. The van der Waals surface area contributed by atoms with Gasteiger partial charge in [-0.1, -0.05) is 11.6 Å². The molecule has 0 spiro atoms. The van der Waals surface area contributed by atoms with E-state index in [0.29, 0.717) is 10.9 Å². The molecule has 0 aromatic carbocycles. The molecule has 0 fully saturated rings. The monoisotopic (exact) mass is 187 g/mol. The zero-order valence-electron chi connectivity index (χ0n) is 6.91. The fourth-order valence-corrected chi connectivity index (χ4v) is 0.806. The average molecular weight is 188 g/mol. The van der Waals surface area contributed by atoms with Crippen molar-refractivity contribution in [1.29, 1.82) is 0 Å². The molecular weight excluding hydrogens is 178 g/mol. The van der Waals surface area contributed by atoms with Crippen LogP contribution in [0.2, 0.25) is 5.02 Å². The van der Waals surface area contributed by atoms with Crippen LogP contribution in [0.25, 0.3) is 0 Å². The number of hydrogen-bond acceptors (Lipinski definition) is 4. The molecule has 0 bridgehead atoms. The van der Waals surface area contributed by atoms with Crippen LogP contribution < -0.4 is 10.5 Å². The van der Waals surface area contributed by atoms with E-state index < -0.39 is 0 Å². The van der Waals surface area contributed by atoms with Crippen LogP contribution in [-0.2, 0) is 0 Å². The fraction of sp³-hybridized carbons (Fsp3) is 0.429. The maximum atomic E-state index is 5.73. The highest BCUT2D eigenvalue weighted by Crippen LogP contribution is 2.21. The summed E-state index contributed by atoms with van der Waals surface area (Å²) in [4.78, 5) is 7.53. The Morgan fingerprint density at radius 1 is 1.58 bits per heavy atom. The van der Waals surface area contributed by atoms with Crippen LogP contribution in [0.5, 0.6) is 5.88 Å². The number of anilines is 1. The Labute approximate surface area is 75.7 Å². The number of hydrogen-bond donors (Lipinski definition) is 1. The molecule has 4 nitrogen and oxygen atoms in total. The second-order valence-electron chi connectivity index (χ2n) is 2.55. The normalized spacial score (nSPS) is 10.3. The SMILES string of the molecule is CC(C)Oc1nc(N)ncc1Cl. The molecular formula is C7H10ClN3O. The van der Waals surface area contributed by atoms with Crippen LogP contribution in [0.15, 0.2) is 6.20 Å². The molecule has 0 aliphatic heterocycles. The molecule has 5 heteroatoms. The number of nitrogens with zero attached hydrogens (tertiary/aromatic N) is 2. The second kappa shape index (κ2) is 3.58. The number of nitrogen functional groups attached to an aromatic ring is 1. The van der Waals surface area contributed by atoms with Crippen LogP contribution in [-0.4, -0.2) is 16.1 Å². The lowest BCUT2D eigenvalue weighted by molar-refractivity contribution is 0.233. The third-order valence-corrected chi connectivity index (χ3v) is 1.34. The average Bonchev–Trinajstić information content (AvgIpc) is 1.96. The Bertz CT molecular complexity index is 277. The summed E-state index contributed by atoms with van der Waals surface area (Å²) >= 11 is 5.73. The summed E-state index contributed by atoms with van der Waals surface area (Å²) in [5.74, 6) is 0.495. The maximum absolute atomic E-state index is 5.73. The van der Waals surface area contributed by atoms with Gasteiger partial charge in [-0.05, 0) is 13.8 Å². The molecule has 66 valence electrons. The fourth-order valence-electron chi connectivity index (χ4n) is 0.670. The molecule has 1 rings (SSSR count). The quantitative estimate of drug-likeness (QED) is 0.762. The predicted molar refractivity (Wildman–Crippen MR) is 47.2 cm³/mol. The molecule has 0 amide bonds. The van der Waals surface area contributed by atoms with Crippen molar-refractivity contribution >= 4 is 17.5 Å². The topological polar surface area (TPSA) is 61.0 Å². The van der Waals surface area contributed by atoms with Gasteiger partial charge in [0.2, 0.25) is 11.8 Å². The summed E-state index contributed by atoms with van der Waals surface area (Å²) in [7, 11) is 0. The van der Waals surface area contributed by atoms with E-state index in [1.54, 1.807) is 0 Å². The van der Waals surface area contributed by atoms with Crippen molar-refractivity contribution in [2.24, 2.45) is 0 Å². The Hall–Kier alpha value is -1.03. The van der Waals surface area contributed by atoms with E-state index in [-0.39, 0.29) is 12.1 Å². The summed E-state index contributed by atoms with van der Waals surface area (Å²) in [5.41, 5.74) is 5.34. The van der Waals surface area contributed by atoms with Gasteiger partial charge in [-0.2, -0.15) is 4.98 Å². The first-order valence-electron chi connectivity index (χ1n) is 3.54. The van der Waals surface area contributed by atoms with Crippen molar-refractivity contribution in [1.82, 2.24) is 9.97 Å². The zero-order valence-corrected chi connectivity index (χ0v) is 7.67. The van der Waals surface area contributed by atoms with Gasteiger partial charge in [-0.3, -0.25) is 0 Å². The zero-order chi connectivity index (χ0) is 9.14. The first kappa shape index (κ1) is 9.06. The lowest BCUT2D eigenvalue weighted by Gasteiger charge is -2.09. The molecule has 1 aromatic rings. The van der Waals surface area contributed by atoms with E-state index in [9.17, 15) is 0 Å². The molecule has 0 aliphatic carbocycles. The van der Waals surface area contributed by atoms with Gasteiger partial charge < -0.3 is 10.5 Å². The molecule has 0 atom stereocenters. The summed E-state index contributed by atoms with van der Waals surface area (Å²) < 4.78 is 5.26. The third-order valence-electron chi connectivity index (χ3n) is 1.08. The van der Waals surface area contributed by atoms with E-state index in [1.165, 1.54) is 6.20 Å². The lowest BCUT2D eigenvalue weighted by atomic mass is 10.5. The largest absolute Gasteiger partial charge is 0.474 e. The van der Waals surface area contributed by atoms with E-state index >= 15 is 0 Å². The van der Waals surface area contributed by atoms with Crippen LogP contribution in [0, 0.1) is 0 Å². The maximum Gasteiger partial charge on any atom is 0.237 e. The highest BCUT2D eigenvalue weighted by molar-refractivity contribution is 6.31. The second-order valence-corrected chi connectivity index (χ2v) is 2.96. The Morgan fingerprint density at radius 2 is 2.25 bits per heavy atom. The molecule has 1 aromatic heterocycles. The van der Waals surface area contributed by atoms with Crippen molar-refractivity contribution in [3.63, 3.8) is 0 Å². The Morgan fingerprint density at radius 3 is 2.83 bits per heavy atom. The van der Waals surface area contributed by atoms with Gasteiger partial charge in [0.05, 0.1) is 12.3 Å². The number of nitrogens with two attached hydrogens (primary N) is 1. The van der Waals surface area contributed by atoms with E-state index in [2.05, 4.69) is 9.97 Å². The van der Waals surface area contributed by atoms with Gasteiger partial charge in [0.25, 0.3) is 0 Å². The third kappa shape index (κ3) is 2.23. The summed E-state index contributed by atoms with van der Waals surface area (Å²) in [6.07, 6.45) is 1.44. The van der Waals surface area contributed by atoms with Gasteiger partial charge in [-0.25, -0.2) is 4.98 Å². The number of halogens is 1. The van der Waals surface area contributed by atoms with E-state index in [1.807, 2.05) is 13.8 Å². The van der Waals surface area contributed by atoms with Crippen LogP contribution in [0.3, 0.4) is 0 Å². The van der Waals surface area contributed by atoms with Gasteiger partial charge in [0.15, 0.2) is 0 Å². The molecule has 0 saturated heterocycles. The predicted octanol–water partition coefficient (Wildman–Crippen LogP) is 1.50. The first-order chi connectivity index (χ1) is 5.59. The van der Waals surface area contributed by atoms with E-state index in [0.717, 1.165) is 0 Å². The Balaban J connectivity index is 2.90. The van der Waals surface area contributed by atoms with Crippen LogP contribution in [0.4, 0.5) is 5.95 Å². The van der Waals surface area contributed by atoms with Crippen molar-refractivity contribution < 1.29 is 4.74 Å². The van der Waals surface area contributed by atoms with Crippen molar-refractivity contribution in [3.8, 4) is 5.88 Å². The summed E-state index contributed by atoms with van der Waals surface area (Å²) in [6, 6.07) is 0. The van der Waals surface area contributed by atoms with Crippen molar-refractivity contribution in [3.05, 3.63) is 11.2 Å². The molecule has 0 saturated carbocycles. The highest BCUT2D eigenvalue weighted by atomic mass is 35.5. The van der Waals surface area contributed by atoms with Gasteiger partial charge in [0.1, 0.15) is 5.02 Å². The smallest absolute Gasteiger partial charge is 0.237 e. The van der Waals surface area contributed by atoms with Crippen molar-refractivity contribution in [2.75, 3.05) is 5.73 Å².